The number of imide groups is 1. The molecule has 2 amide bonds. The number of methoxy groups -OCH3 is 1. The number of aromatic nitrogens is 1. The molecular formula is C26H28N2O6S2. The maximum absolute atomic E-state index is 13.7. The van der Waals surface area contributed by atoms with Crippen LogP contribution in [0.3, 0.4) is 0 Å². The monoisotopic (exact) mass is 528 g/mol. The Morgan fingerprint density at radius 1 is 1.14 bits per heavy atom. The number of hydrogen-bond acceptors (Lipinski definition) is 7. The number of ether oxygens (including phenoxy) is 1. The third-order valence-electron chi connectivity index (χ3n) is 8.52. The van der Waals surface area contributed by atoms with Crippen molar-refractivity contribution in [3.63, 3.8) is 0 Å². The molecule has 190 valence electrons. The van der Waals surface area contributed by atoms with Crippen LogP contribution in [0.1, 0.15) is 43.0 Å². The number of carboxylic acid groups (broad SMARTS) is 1. The first-order chi connectivity index (χ1) is 17.2. The first-order valence-corrected chi connectivity index (χ1v) is 14.0. The van der Waals surface area contributed by atoms with Crippen molar-refractivity contribution in [1.29, 1.82) is 0 Å². The van der Waals surface area contributed by atoms with Crippen molar-refractivity contribution in [2.45, 2.75) is 48.9 Å². The van der Waals surface area contributed by atoms with Crippen molar-refractivity contribution in [3.8, 4) is 5.75 Å². The number of rotatable bonds is 6. The molecule has 1 saturated heterocycles. The molecule has 3 heterocycles. The van der Waals surface area contributed by atoms with Crippen LogP contribution < -0.4 is 9.61 Å². The topological polar surface area (TPSA) is 117 Å². The van der Waals surface area contributed by atoms with E-state index in [9.17, 15) is 24.3 Å². The summed E-state index contributed by atoms with van der Waals surface area (Å²) in [7, 11) is 1.62. The van der Waals surface area contributed by atoms with Crippen molar-refractivity contribution in [2.75, 3.05) is 7.11 Å². The third-order valence-corrected chi connectivity index (χ3v) is 11.1. The number of fused-ring (bicyclic) bond motifs is 9. The fourth-order valence-electron chi connectivity index (χ4n) is 7.29. The molecule has 2 bridgehead atoms. The van der Waals surface area contributed by atoms with E-state index in [1.54, 1.807) is 18.9 Å². The Morgan fingerprint density at radius 2 is 1.81 bits per heavy atom. The van der Waals surface area contributed by atoms with Gasteiger partial charge in [-0.3, -0.25) is 19.3 Å². The third kappa shape index (κ3) is 3.33. The van der Waals surface area contributed by atoms with Crippen LogP contribution in [-0.2, 0) is 14.4 Å². The minimum absolute atomic E-state index is 0.0257. The van der Waals surface area contributed by atoms with Crippen molar-refractivity contribution in [1.82, 2.24) is 9.88 Å². The van der Waals surface area contributed by atoms with Crippen LogP contribution in [0.15, 0.2) is 34.1 Å². The molecule has 2 aliphatic heterocycles. The number of carbonyl (C=O) groups is 3. The molecule has 2 aliphatic carbocycles. The smallest absolute Gasteiger partial charge is 0.326 e. The summed E-state index contributed by atoms with van der Waals surface area (Å²) in [4.78, 5) is 56.8. The second kappa shape index (κ2) is 8.48. The van der Waals surface area contributed by atoms with Gasteiger partial charge in [0, 0.05) is 16.0 Å². The summed E-state index contributed by atoms with van der Waals surface area (Å²) in [5.74, 6) is -2.01. The summed E-state index contributed by atoms with van der Waals surface area (Å²) in [6.07, 6.45) is 1.02. The van der Waals surface area contributed by atoms with Gasteiger partial charge in [0.25, 0.3) is 0 Å². The fourth-order valence-corrected chi connectivity index (χ4v) is 10.2. The fraction of sp³-hybridized carbons (Fsp3) is 0.538. The summed E-state index contributed by atoms with van der Waals surface area (Å²) in [5, 5.41) is 10.8. The molecule has 1 aromatic heterocycles. The molecule has 1 aromatic carbocycles. The Morgan fingerprint density at radius 3 is 2.42 bits per heavy atom. The number of carbonyl (C=O) groups excluding carboxylic acids is 2. The van der Waals surface area contributed by atoms with Crippen molar-refractivity contribution < 1.29 is 24.2 Å². The van der Waals surface area contributed by atoms with Gasteiger partial charge in [-0.15, -0.1) is 11.8 Å². The van der Waals surface area contributed by atoms with Crippen LogP contribution in [0.2, 0.25) is 0 Å². The van der Waals surface area contributed by atoms with E-state index in [1.165, 1.54) is 11.3 Å². The van der Waals surface area contributed by atoms with E-state index >= 15 is 0 Å². The zero-order valence-electron chi connectivity index (χ0n) is 20.2. The summed E-state index contributed by atoms with van der Waals surface area (Å²) in [6.45, 7) is 3.80. The predicted molar refractivity (Wildman–Crippen MR) is 134 cm³/mol. The Balaban J connectivity index is 1.41. The lowest BCUT2D eigenvalue weighted by molar-refractivity contribution is -0.156. The molecule has 2 N–H and O–H groups in total. The van der Waals surface area contributed by atoms with Gasteiger partial charge in [0.1, 0.15) is 11.8 Å². The van der Waals surface area contributed by atoms with E-state index in [-0.39, 0.29) is 57.9 Å². The highest BCUT2D eigenvalue weighted by Crippen LogP contribution is 2.68. The number of likely N-dealkylation sites (tertiary alicyclic amines) is 1. The zero-order valence-corrected chi connectivity index (χ0v) is 21.8. The quantitative estimate of drug-likeness (QED) is 0.552. The van der Waals surface area contributed by atoms with E-state index in [0.717, 1.165) is 32.5 Å². The number of aromatic amines is 1. The number of thiazole rings is 1. The highest BCUT2D eigenvalue weighted by molar-refractivity contribution is 8.00. The van der Waals surface area contributed by atoms with Crippen LogP contribution >= 0.6 is 23.1 Å². The number of H-pyrrole nitrogens is 1. The number of nitrogens with zero attached hydrogens (tertiary/aromatic N) is 1. The van der Waals surface area contributed by atoms with Crippen molar-refractivity contribution in [3.05, 3.63) is 44.4 Å². The van der Waals surface area contributed by atoms with Crippen LogP contribution in [0.5, 0.6) is 5.75 Å². The van der Waals surface area contributed by atoms with E-state index < -0.39 is 23.8 Å². The maximum atomic E-state index is 13.7. The van der Waals surface area contributed by atoms with Gasteiger partial charge in [-0.1, -0.05) is 37.3 Å². The number of carboxylic acids is 1. The summed E-state index contributed by atoms with van der Waals surface area (Å²) < 4.78 is 5.34. The van der Waals surface area contributed by atoms with Crippen LogP contribution in [0.4, 0.5) is 0 Å². The van der Waals surface area contributed by atoms with Crippen LogP contribution in [-0.4, -0.2) is 51.2 Å². The van der Waals surface area contributed by atoms with Gasteiger partial charge < -0.3 is 14.8 Å². The van der Waals surface area contributed by atoms with Gasteiger partial charge in [-0.05, 0) is 54.2 Å². The lowest BCUT2D eigenvalue weighted by atomic mass is 9.68. The second-order valence-electron chi connectivity index (χ2n) is 10.8. The summed E-state index contributed by atoms with van der Waals surface area (Å²) in [6, 6.07) is 6.73. The molecule has 36 heavy (non-hydrogen) atoms. The Labute approximate surface area is 216 Å². The highest BCUT2D eigenvalue weighted by atomic mass is 32.2. The standard InChI is InChI=1S/C26H28N2O6S2/c1-10(2)8-15(25(31)32)28-23(29)18-13-9-14(19(18)24(28)30)20-17(13)16(11-4-6-12(34-3)7-5-11)21-22(35-20)27-26(33)36-21/h4-7,10,13-20H,8-9H2,1-3H3,(H,27,33)(H,31,32)/t13-,14+,15+,16+,17+,18+,19+,20-/m1/s1. The molecule has 0 unspecified atom stereocenters. The number of benzene rings is 1. The minimum Gasteiger partial charge on any atom is -0.497 e. The molecule has 2 aromatic rings. The van der Waals surface area contributed by atoms with Gasteiger partial charge in [-0.25, -0.2) is 4.79 Å². The molecule has 10 heteroatoms. The lowest BCUT2D eigenvalue weighted by Gasteiger charge is -2.43. The molecule has 2 saturated carbocycles. The molecule has 8 nitrogen and oxygen atoms in total. The molecular weight excluding hydrogens is 500 g/mol. The van der Waals surface area contributed by atoms with E-state index in [4.69, 9.17) is 4.74 Å². The van der Waals surface area contributed by atoms with E-state index in [0.29, 0.717) is 0 Å². The number of hydrogen-bond donors (Lipinski definition) is 2. The van der Waals surface area contributed by atoms with Crippen LogP contribution in [0.25, 0.3) is 0 Å². The van der Waals surface area contributed by atoms with E-state index in [1.807, 2.05) is 38.1 Å². The molecule has 8 atom stereocenters. The van der Waals surface area contributed by atoms with Gasteiger partial charge >= 0.3 is 10.8 Å². The predicted octanol–water partition coefficient (Wildman–Crippen LogP) is 3.42. The van der Waals surface area contributed by atoms with E-state index in [2.05, 4.69) is 4.98 Å². The zero-order chi connectivity index (χ0) is 25.5. The Bertz CT molecular complexity index is 1300. The summed E-state index contributed by atoms with van der Waals surface area (Å²) in [5.41, 5.74) is 1.06. The molecule has 6 rings (SSSR count). The molecule has 4 aliphatic rings. The number of nitrogens with one attached hydrogen (secondary N) is 1. The van der Waals surface area contributed by atoms with Crippen molar-refractivity contribution in [2.24, 2.45) is 35.5 Å². The number of amides is 2. The Kier molecular flexibility index (Phi) is 5.60. The van der Waals surface area contributed by atoms with Gasteiger partial charge in [0.15, 0.2) is 0 Å². The normalized spacial score (nSPS) is 33.0. The van der Waals surface area contributed by atoms with Crippen LogP contribution in [0, 0.1) is 35.5 Å². The second-order valence-corrected chi connectivity index (χ2v) is 13.0. The maximum Gasteiger partial charge on any atom is 0.326 e. The van der Waals surface area contributed by atoms with Crippen molar-refractivity contribution >= 4 is 40.9 Å². The van der Waals surface area contributed by atoms with Gasteiger partial charge in [0.05, 0.1) is 24.0 Å². The number of thioether (sulfide) groups is 1. The minimum atomic E-state index is -1.12. The molecule has 3 fully saturated rings. The average molecular weight is 529 g/mol. The highest BCUT2D eigenvalue weighted by Gasteiger charge is 2.70. The summed E-state index contributed by atoms with van der Waals surface area (Å²) >= 11 is 2.85. The first kappa shape index (κ1) is 23.8. The average Bonchev–Trinajstić information content (AvgIpc) is 3.56. The van der Waals surface area contributed by atoms with Gasteiger partial charge in [0.2, 0.25) is 11.8 Å². The number of aliphatic carboxylic acids is 1. The first-order valence-electron chi connectivity index (χ1n) is 12.3. The molecule has 0 spiro atoms. The van der Waals surface area contributed by atoms with Gasteiger partial charge in [-0.2, -0.15) is 0 Å². The lowest BCUT2D eigenvalue weighted by Crippen LogP contribution is -2.47. The SMILES string of the molecule is COc1ccc([C@@H]2c3sc(=O)[nH]c3S[C@@H]3[C@H]4C[C@@H]([C@@H]5C(=O)N([C@@H](CC(C)C)C(=O)O)C(=O)[C@@H]45)[C@@H]23)cc1. The largest absolute Gasteiger partial charge is 0.497 e. The Hall–Kier alpha value is -2.59. The molecule has 0 radical (unpaired) electrons.